The van der Waals surface area contributed by atoms with E-state index in [0.717, 1.165) is 36.2 Å². The monoisotopic (exact) mass is 440 g/mol. The Kier molecular flexibility index (Phi) is 9.05. The summed E-state index contributed by atoms with van der Waals surface area (Å²) in [6.07, 6.45) is 3.44. The van der Waals surface area contributed by atoms with Gasteiger partial charge in [0.15, 0.2) is 0 Å². The zero-order valence-corrected chi connectivity index (χ0v) is 20.9. The molecule has 0 fully saturated rings. The quantitative estimate of drug-likeness (QED) is 0.497. The van der Waals surface area contributed by atoms with E-state index in [1.54, 1.807) is 9.58 Å². The largest absolute Gasteiger partial charge is 0.333 e. The molecule has 1 aromatic heterocycles. The van der Waals surface area contributed by atoms with Crippen molar-refractivity contribution in [1.82, 2.24) is 14.7 Å². The van der Waals surface area contributed by atoms with Gasteiger partial charge in [-0.3, -0.25) is 9.59 Å². The summed E-state index contributed by atoms with van der Waals surface area (Å²) in [6.45, 7) is 15.2. The molecule has 0 bridgehead atoms. The van der Waals surface area contributed by atoms with Crippen LogP contribution in [-0.4, -0.2) is 39.6 Å². The molecule has 0 aliphatic rings. The maximum atomic E-state index is 13.0. The molecule has 1 N–H and O–H groups in total. The highest BCUT2D eigenvalue weighted by Gasteiger charge is 2.23. The van der Waals surface area contributed by atoms with Crippen LogP contribution in [0.4, 0.5) is 5.82 Å². The van der Waals surface area contributed by atoms with Crippen LogP contribution in [0.2, 0.25) is 0 Å². The third-order valence-electron chi connectivity index (χ3n) is 5.36. The highest BCUT2D eigenvalue weighted by Crippen LogP contribution is 2.27. The summed E-state index contributed by atoms with van der Waals surface area (Å²) in [4.78, 5) is 27.4. The first-order valence-corrected chi connectivity index (χ1v) is 11.8. The molecule has 0 radical (unpaired) electrons. The first-order valence-electron chi connectivity index (χ1n) is 11.8. The number of aryl methyl sites for hydroxylation is 1. The van der Waals surface area contributed by atoms with Gasteiger partial charge in [-0.1, -0.05) is 72.6 Å². The normalized spacial score (nSPS) is 11.6. The molecule has 6 nitrogen and oxygen atoms in total. The van der Waals surface area contributed by atoms with Gasteiger partial charge in [0, 0.05) is 24.4 Å². The number of hydrogen-bond acceptors (Lipinski definition) is 3. The molecule has 0 spiro atoms. The SMILES string of the molecule is CCCCCC(=O)N(CC(=O)Nc1cc(C(C)(C)C)nn1-c1ccccc1C)CC(C)C. The minimum Gasteiger partial charge on any atom is -0.333 e. The summed E-state index contributed by atoms with van der Waals surface area (Å²) in [7, 11) is 0. The van der Waals surface area contributed by atoms with Gasteiger partial charge in [-0.15, -0.1) is 0 Å². The van der Waals surface area contributed by atoms with Crippen LogP contribution in [0.25, 0.3) is 5.69 Å². The second-order valence-corrected chi connectivity index (χ2v) is 10.0. The van der Waals surface area contributed by atoms with E-state index in [2.05, 4.69) is 46.9 Å². The van der Waals surface area contributed by atoms with E-state index in [0.29, 0.717) is 24.7 Å². The molecule has 176 valence electrons. The molecule has 1 aromatic carbocycles. The van der Waals surface area contributed by atoms with Crippen molar-refractivity contribution in [2.45, 2.75) is 79.6 Å². The number of rotatable bonds is 10. The van der Waals surface area contributed by atoms with E-state index < -0.39 is 0 Å². The highest BCUT2D eigenvalue weighted by molar-refractivity contribution is 5.94. The van der Waals surface area contributed by atoms with Gasteiger partial charge in [0.25, 0.3) is 0 Å². The van der Waals surface area contributed by atoms with Crippen LogP contribution in [0.3, 0.4) is 0 Å². The summed E-state index contributed by atoms with van der Waals surface area (Å²) in [5.41, 5.74) is 2.73. The minimum atomic E-state index is -0.204. The Balaban J connectivity index is 2.25. The van der Waals surface area contributed by atoms with Crippen molar-refractivity contribution >= 4 is 17.6 Å². The van der Waals surface area contributed by atoms with Crippen LogP contribution < -0.4 is 5.32 Å². The number of para-hydroxylation sites is 1. The van der Waals surface area contributed by atoms with Gasteiger partial charge < -0.3 is 10.2 Å². The maximum absolute atomic E-state index is 13.0. The minimum absolute atomic E-state index is 0.0464. The van der Waals surface area contributed by atoms with Gasteiger partial charge in [-0.2, -0.15) is 5.10 Å². The Hall–Kier alpha value is -2.63. The van der Waals surface area contributed by atoms with Crippen LogP contribution in [-0.2, 0) is 15.0 Å². The molecule has 1 heterocycles. The number of anilines is 1. The Bertz CT molecular complexity index is 909. The van der Waals surface area contributed by atoms with E-state index in [1.807, 2.05) is 37.3 Å². The molecule has 0 saturated carbocycles. The standard InChI is InChI=1S/C26H40N4O2/c1-8-9-10-15-25(32)29(17-19(2)3)18-24(31)27-23-16-22(26(5,6)7)28-30(23)21-14-12-11-13-20(21)4/h11-14,16,19H,8-10,15,17-18H2,1-7H3,(H,27,31). The first kappa shape index (κ1) is 25.6. The number of amides is 2. The molecule has 0 atom stereocenters. The molecular formula is C26H40N4O2. The van der Waals surface area contributed by atoms with Crippen molar-refractivity contribution < 1.29 is 9.59 Å². The summed E-state index contributed by atoms with van der Waals surface area (Å²) >= 11 is 0. The lowest BCUT2D eigenvalue weighted by atomic mass is 9.92. The molecule has 2 amide bonds. The molecule has 0 saturated heterocycles. The average molecular weight is 441 g/mol. The van der Waals surface area contributed by atoms with Crippen molar-refractivity contribution in [2.75, 3.05) is 18.4 Å². The number of aromatic nitrogens is 2. The van der Waals surface area contributed by atoms with Gasteiger partial charge in [-0.05, 0) is 30.9 Å². The highest BCUT2D eigenvalue weighted by atomic mass is 16.2. The van der Waals surface area contributed by atoms with Gasteiger partial charge >= 0.3 is 0 Å². The lowest BCUT2D eigenvalue weighted by molar-refractivity contribution is -0.135. The predicted octanol–water partition coefficient (Wildman–Crippen LogP) is 5.48. The van der Waals surface area contributed by atoms with E-state index in [9.17, 15) is 9.59 Å². The van der Waals surface area contributed by atoms with Gasteiger partial charge in [0.2, 0.25) is 11.8 Å². The summed E-state index contributed by atoms with van der Waals surface area (Å²) in [5, 5.41) is 7.82. The van der Waals surface area contributed by atoms with Crippen molar-refractivity contribution in [1.29, 1.82) is 0 Å². The predicted molar refractivity (Wildman–Crippen MR) is 131 cm³/mol. The zero-order valence-electron chi connectivity index (χ0n) is 20.9. The third-order valence-corrected chi connectivity index (χ3v) is 5.36. The molecule has 6 heteroatoms. The Labute approximate surface area is 193 Å². The molecule has 2 aromatic rings. The van der Waals surface area contributed by atoms with Gasteiger partial charge in [0.05, 0.1) is 17.9 Å². The lowest BCUT2D eigenvalue weighted by Gasteiger charge is -2.24. The van der Waals surface area contributed by atoms with Crippen molar-refractivity contribution in [2.24, 2.45) is 5.92 Å². The van der Waals surface area contributed by atoms with Crippen LogP contribution in [0, 0.1) is 12.8 Å². The summed E-state index contributed by atoms with van der Waals surface area (Å²) in [5.74, 6) is 0.759. The Morgan fingerprint density at radius 1 is 1.16 bits per heavy atom. The topological polar surface area (TPSA) is 67.2 Å². The smallest absolute Gasteiger partial charge is 0.245 e. The number of benzene rings is 1. The fraction of sp³-hybridized carbons (Fsp3) is 0.577. The summed E-state index contributed by atoms with van der Waals surface area (Å²) in [6, 6.07) is 9.90. The van der Waals surface area contributed by atoms with Gasteiger partial charge in [0.1, 0.15) is 5.82 Å². The number of hydrogen-bond donors (Lipinski definition) is 1. The number of carbonyl (C=O) groups is 2. The molecule has 32 heavy (non-hydrogen) atoms. The van der Waals surface area contributed by atoms with E-state index in [-0.39, 0.29) is 23.8 Å². The second kappa shape index (κ2) is 11.3. The fourth-order valence-electron chi connectivity index (χ4n) is 3.56. The zero-order chi connectivity index (χ0) is 23.9. The van der Waals surface area contributed by atoms with Crippen LogP contribution in [0.15, 0.2) is 30.3 Å². The van der Waals surface area contributed by atoms with Crippen molar-refractivity contribution in [3.05, 3.63) is 41.6 Å². The molecular weight excluding hydrogens is 400 g/mol. The Morgan fingerprint density at radius 2 is 1.84 bits per heavy atom. The number of nitrogens with one attached hydrogen (secondary N) is 1. The van der Waals surface area contributed by atoms with Crippen LogP contribution in [0.5, 0.6) is 0 Å². The number of nitrogens with zero attached hydrogens (tertiary/aromatic N) is 3. The van der Waals surface area contributed by atoms with Crippen molar-refractivity contribution in [3.63, 3.8) is 0 Å². The van der Waals surface area contributed by atoms with Crippen LogP contribution in [0.1, 0.15) is 78.5 Å². The molecule has 0 unspecified atom stereocenters. The molecule has 2 rings (SSSR count). The van der Waals surface area contributed by atoms with Crippen molar-refractivity contribution in [3.8, 4) is 5.69 Å². The second-order valence-electron chi connectivity index (χ2n) is 10.0. The maximum Gasteiger partial charge on any atom is 0.245 e. The number of unbranched alkanes of at least 4 members (excludes halogenated alkanes) is 2. The Morgan fingerprint density at radius 3 is 2.44 bits per heavy atom. The average Bonchev–Trinajstić information content (AvgIpc) is 3.11. The van der Waals surface area contributed by atoms with E-state index in [4.69, 9.17) is 5.10 Å². The van der Waals surface area contributed by atoms with Gasteiger partial charge in [-0.25, -0.2) is 4.68 Å². The third kappa shape index (κ3) is 7.21. The summed E-state index contributed by atoms with van der Waals surface area (Å²) < 4.78 is 1.80. The fourth-order valence-corrected chi connectivity index (χ4v) is 3.56. The molecule has 0 aliphatic heterocycles. The van der Waals surface area contributed by atoms with Crippen LogP contribution >= 0.6 is 0 Å². The van der Waals surface area contributed by atoms with E-state index >= 15 is 0 Å². The molecule has 0 aliphatic carbocycles. The number of carbonyl (C=O) groups excluding carboxylic acids is 2. The lowest BCUT2D eigenvalue weighted by Crippen LogP contribution is -2.40. The van der Waals surface area contributed by atoms with E-state index in [1.165, 1.54) is 0 Å². The first-order chi connectivity index (χ1) is 15.0.